The maximum atomic E-state index is 3.91. The molecular formula is C31H39N. The van der Waals surface area contributed by atoms with Crippen LogP contribution in [0.25, 0.3) is 11.6 Å². The molecular weight excluding hydrogens is 386 g/mol. The summed E-state index contributed by atoms with van der Waals surface area (Å²) in [4.78, 5) is 0. The second-order valence-corrected chi connectivity index (χ2v) is 10.6. The van der Waals surface area contributed by atoms with Gasteiger partial charge in [0.1, 0.15) is 0 Å². The van der Waals surface area contributed by atoms with Crippen LogP contribution in [0.2, 0.25) is 0 Å². The number of nitrogens with one attached hydrogen (secondary N) is 1. The fourth-order valence-electron chi connectivity index (χ4n) is 4.93. The van der Waals surface area contributed by atoms with Crippen molar-refractivity contribution in [2.45, 2.75) is 77.8 Å². The lowest BCUT2D eigenvalue weighted by molar-refractivity contribution is 0.356. The predicted octanol–water partition coefficient (Wildman–Crippen LogP) is 8.51. The van der Waals surface area contributed by atoms with E-state index < -0.39 is 0 Å². The quantitative estimate of drug-likeness (QED) is 0.376. The van der Waals surface area contributed by atoms with E-state index >= 15 is 0 Å². The van der Waals surface area contributed by atoms with E-state index in [0.717, 1.165) is 0 Å². The zero-order valence-electron chi connectivity index (χ0n) is 20.1. The molecule has 0 saturated heterocycles. The van der Waals surface area contributed by atoms with Crippen molar-refractivity contribution < 1.29 is 0 Å². The summed E-state index contributed by atoms with van der Waals surface area (Å²) in [6, 6.07) is 20.1. The Morgan fingerprint density at radius 2 is 1.53 bits per heavy atom. The molecule has 4 rings (SSSR count). The molecule has 168 valence electrons. The van der Waals surface area contributed by atoms with Crippen molar-refractivity contribution in [2.75, 3.05) is 0 Å². The van der Waals surface area contributed by atoms with Gasteiger partial charge in [-0.25, -0.2) is 0 Å². The van der Waals surface area contributed by atoms with Crippen LogP contribution in [0.4, 0.5) is 0 Å². The van der Waals surface area contributed by atoms with Crippen LogP contribution in [0.15, 0.2) is 78.4 Å². The van der Waals surface area contributed by atoms with Crippen LogP contribution in [0.5, 0.6) is 0 Å². The van der Waals surface area contributed by atoms with Gasteiger partial charge in [0.2, 0.25) is 0 Å². The Kier molecular flexibility index (Phi) is 7.48. The maximum Gasteiger partial charge on any atom is 0.0595 e. The number of hydrogen-bond acceptors (Lipinski definition) is 1. The average molecular weight is 426 g/mol. The van der Waals surface area contributed by atoms with Crippen LogP contribution >= 0.6 is 0 Å². The van der Waals surface area contributed by atoms with E-state index in [0.29, 0.717) is 11.5 Å². The number of rotatable bonds is 10. The Morgan fingerprint density at radius 1 is 0.812 bits per heavy atom. The minimum atomic E-state index is 0.238. The third-order valence-electron chi connectivity index (χ3n) is 6.70. The number of fused-ring (bicyclic) bond motifs is 1. The summed E-state index contributed by atoms with van der Waals surface area (Å²) in [6.45, 7) is 7.04. The summed E-state index contributed by atoms with van der Waals surface area (Å²) in [7, 11) is 0. The molecule has 32 heavy (non-hydrogen) atoms. The molecule has 0 bridgehead atoms. The summed E-state index contributed by atoms with van der Waals surface area (Å²) in [5, 5.41) is 3.91. The molecule has 2 aromatic rings. The van der Waals surface area contributed by atoms with Crippen LogP contribution in [0.3, 0.4) is 0 Å². The molecule has 1 N–H and O–H groups in total. The Morgan fingerprint density at radius 3 is 2.34 bits per heavy atom. The van der Waals surface area contributed by atoms with E-state index in [9.17, 15) is 0 Å². The minimum Gasteiger partial charge on any atom is -0.296 e. The average Bonchev–Trinajstić information content (AvgIpc) is 3.38. The summed E-state index contributed by atoms with van der Waals surface area (Å²) >= 11 is 0. The summed E-state index contributed by atoms with van der Waals surface area (Å²) in [5.74, 6) is 0. The molecule has 0 amide bonds. The molecule has 0 spiro atoms. The standard InChI is InChI=1S/C31H39N/c1-31(2,3)21-13-6-4-5-8-14-24-19-20-27(22-24)32-30-28-18-12-11-17-26(28)23-29(30)25-15-9-7-10-16-25/h7,9-12,15-20,22-23,27,30,32H,4-6,8,13-14,21H2,1-3H3. The van der Waals surface area contributed by atoms with Gasteiger partial charge in [0.05, 0.1) is 6.04 Å². The van der Waals surface area contributed by atoms with E-state index in [-0.39, 0.29) is 6.04 Å². The lowest BCUT2D eigenvalue weighted by Crippen LogP contribution is -2.29. The second-order valence-electron chi connectivity index (χ2n) is 10.6. The van der Waals surface area contributed by atoms with E-state index in [1.54, 1.807) is 0 Å². The zero-order chi connectivity index (χ0) is 22.4. The molecule has 0 aromatic heterocycles. The summed E-state index contributed by atoms with van der Waals surface area (Å²) in [5.41, 5.74) is 7.37. The fourth-order valence-corrected chi connectivity index (χ4v) is 4.93. The number of unbranched alkanes of at least 4 members (excludes halogenated alkanes) is 4. The smallest absolute Gasteiger partial charge is 0.0595 e. The van der Waals surface area contributed by atoms with Crippen molar-refractivity contribution in [2.24, 2.45) is 5.41 Å². The minimum absolute atomic E-state index is 0.238. The zero-order valence-corrected chi connectivity index (χ0v) is 20.1. The first-order valence-electron chi connectivity index (χ1n) is 12.5. The van der Waals surface area contributed by atoms with Gasteiger partial charge in [0, 0.05) is 6.04 Å². The monoisotopic (exact) mass is 425 g/mol. The molecule has 0 radical (unpaired) electrons. The van der Waals surface area contributed by atoms with E-state index in [1.165, 1.54) is 72.8 Å². The molecule has 2 aromatic carbocycles. The SMILES string of the molecule is CC(C)(C)CCCCCCCC1=CC(NC2C(c3ccccc3)=Cc3ccccc32)C=C1. The summed E-state index contributed by atoms with van der Waals surface area (Å²) in [6.07, 6.45) is 18.8. The van der Waals surface area contributed by atoms with Gasteiger partial charge in [-0.05, 0) is 53.0 Å². The van der Waals surface area contributed by atoms with Gasteiger partial charge >= 0.3 is 0 Å². The Hall–Kier alpha value is -2.38. The van der Waals surface area contributed by atoms with Crippen LogP contribution in [0, 0.1) is 5.41 Å². The van der Waals surface area contributed by atoms with E-state index in [2.05, 4.69) is 105 Å². The van der Waals surface area contributed by atoms with Gasteiger partial charge in [-0.3, -0.25) is 5.32 Å². The van der Waals surface area contributed by atoms with Crippen LogP contribution in [-0.4, -0.2) is 6.04 Å². The van der Waals surface area contributed by atoms with Crippen molar-refractivity contribution in [3.8, 4) is 0 Å². The molecule has 2 aliphatic carbocycles. The third-order valence-corrected chi connectivity index (χ3v) is 6.70. The fraction of sp³-hybridized carbons (Fsp3) is 0.419. The first-order valence-corrected chi connectivity index (χ1v) is 12.5. The van der Waals surface area contributed by atoms with E-state index in [4.69, 9.17) is 0 Å². The van der Waals surface area contributed by atoms with Crippen molar-refractivity contribution >= 4 is 11.6 Å². The molecule has 2 unspecified atom stereocenters. The Labute approximate surface area is 195 Å². The van der Waals surface area contributed by atoms with Crippen LogP contribution in [-0.2, 0) is 0 Å². The van der Waals surface area contributed by atoms with E-state index in [1.807, 2.05) is 0 Å². The maximum absolute atomic E-state index is 3.91. The first kappa shape index (κ1) is 22.8. The number of allylic oxidation sites excluding steroid dienone is 2. The highest BCUT2D eigenvalue weighted by Crippen LogP contribution is 2.40. The number of hydrogen-bond donors (Lipinski definition) is 1. The lowest BCUT2D eigenvalue weighted by atomic mass is 9.89. The molecule has 2 atom stereocenters. The molecule has 0 saturated carbocycles. The number of benzene rings is 2. The normalized spacial score (nSPS) is 19.7. The molecule has 1 heteroatoms. The van der Waals surface area contributed by atoms with Gasteiger partial charge in [0.15, 0.2) is 0 Å². The third kappa shape index (κ3) is 6.11. The molecule has 0 aliphatic heterocycles. The van der Waals surface area contributed by atoms with Gasteiger partial charge in [0.25, 0.3) is 0 Å². The molecule has 2 aliphatic rings. The highest BCUT2D eigenvalue weighted by Gasteiger charge is 2.27. The van der Waals surface area contributed by atoms with Gasteiger partial charge in [-0.1, -0.05) is 125 Å². The Bertz CT molecular complexity index is 971. The largest absolute Gasteiger partial charge is 0.296 e. The first-order chi connectivity index (χ1) is 15.5. The molecule has 0 heterocycles. The Balaban J connectivity index is 1.29. The topological polar surface area (TPSA) is 12.0 Å². The molecule has 1 nitrogen and oxygen atoms in total. The second kappa shape index (κ2) is 10.5. The highest BCUT2D eigenvalue weighted by molar-refractivity contribution is 5.91. The van der Waals surface area contributed by atoms with Crippen LogP contribution < -0.4 is 5.32 Å². The van der Waals surface area contributed by atoms with Crippen molar-refractivity contribution in [3.63, 3.8) is 0 Å². The van der Waals surface area contributed by atoms with Crippen molar-refractivity contribution in [1.29, 1.82) is 0 Å². The van der Waals surface area contributed by atoms with Crippen molar-refractivity contribution in [3.05, 3.63) is 95.1 Å². The van der Waals surface area contributed by atoms with Crippen molar-refractivity contribution in [1.82, 2.24) is 5.32 Å². The van der Waals surface area contributed by atoms with Crippen LogP contribution in [0.1, 0.15) is 88.4 Å². The van der Waals surface area contributed by atoms with Gasteiger partial charge in [-0.15, -0.1) is 0 Å². The lowest BCUT2D eigenvalue weighted by Gasteiger charge is -2.22. The highest BCUT2D eigenvalue weighted by atomic mass is 15.0. The van der Waals surface area contributed by atoms with Gasteiger partial charge < -0.3 is 0 Å². The predicted molar refractivity (Wildman–Crippen MR) is 139 cm³/mol. The molecule has 0 fully saturated rings. The van der Waals surface area contributed by atoms with Gasteiger partial charge in [-0.2, -0.15) is 0 Å². The summed E-state index contributed by atoms with van der Waals surface area (Å²) < 4.78 is 0.